The highest BCUT2D eigenvalue weighted by atomic mass is 35.5. The molecule has 0 aliphatic carbocycles. The molecule has 2 heterocycles. The Morgan fingerprint density at radius 3 is 2.79 bits per heavy atom. The maximum absolute atomic E-state index is 12.4. The number of carbonyl (C=O) groups excluding carboxylic acids is 1. The van der Waals surface area contributed by atoms with Crippen LogP contribution < -0.4 is 5.32 Å². The minimum atomic E-state index is -0.308. The van der Waals surface area contributed by atoms with E-state index < -0.39 is 0 Å². The number of fused-ring (bicyclic) bond motifs is 1. The van der Waals surface area contributed by atoms with Crippen LogP contribution in [0.15, 0.2) is 65.3 Å². The number of hydrogen-bond acceptors (Lipinski definition) is 3. The van der Waals surface area contributed by atoms with Crippen LogP contribution in [0.3, 0.4) is 0 Å². The number of nitrogens with one attached hydrogen (secondary N) is 2. The van der Waals surface area contributed by atoms with E-state index in [1.807, 2.05) is 30.3 Å². The predicted molar refractivity (Wildman–Crippen MR) is 93.2 cm³/mol. The number of amides is 1. The summed E-state index contributed by atoms with van der Waals surface area (Å²) < 4.78 is 5.42. The molecule has 5 nitrogen and oxygen atoms in total. The molecule has 2 aromatic heterocycles. The lowest BCUT2D eigenvalue weighted by atomic mass is 10.1. The summed E-state index contributed by atoms with van der Waals surface area (Å²) in [5.41, 5.74) is 2.12. The third-order valence-electron chi connectivity index (χ3n) is 3.72. The first kappa shape index (κ1) is 14.5. The normalized spacial score (nSPS) is 10.9. The minimum absolute atomic E-state index is 0.308. The molecule has 0 fully saturated rings. The van der Waals surface area contributed by atoms with E-state index in [9.17, 15) is 4.79 Å². The van der Waals surface area contributed by atoms with Gasteiger partial charge < -0.3 is 9.73 Å². The van der Waals surface area contributed by atoms with Crippen LogP contribution in [0.4, 0.5) is 5.82 Å². The number of carbonyl (C=O) groups is 1. The van der Waals surface area contributed by atoms with Crippen molar-refractivity contribution in [1.82, 2.24) is 10.2 Å². The van der Waals surface area contributed by atoms with Gasteiger partial charge in [-0.1, -0.05) is 23.7 Å². The van der Waals surface area contributed by atoms with Crippen molar-refractivity contribution in [1.29, 1.82) is 0 Å². The van der Waals surface area contributed by atoms with Crippen LogP contribution in [0.1, 0.15) is 10.4 Å². The number of anilines is 1. The van der Waals surface area contributed by atoms with Crippen molar-refractivity contribution in [2.45, 2.75) is 0 Å². The van der Waals surface area contributed by atoms with E-state index in [4.69, 9.17) is 16.0 Å². The van der Waals surface area contributed by atoms with Crippen molar-refractivity contribution in [3.8, 4) is 11.3 Å². The highest BCUT2D eigenvalue weighted by Gasteiger charge is 2.14. The maximum atomic E-state index is 12.4. The third-order valence-corrected chi connectivity index (χ3v) is 4.05. The maximum Gasteiger partial charge on any atom is 0.258 e. The Bertz CT molecular complexity index is 1020. The number of rotatable bonds is 3. The van der Waals surface area contributed by atoms with Crippen molar-refractivity contribution in [3.05, 3.63) is 71.4 Å². The zero-order chi connectivity index (χ0) is 16.5. The zero-order valence-corrected chi connectivity index (χ0v) is 13.2. The fourth-order valence-electron chi connectivity index (χ4n) is 2.53. The molecule has 0 atom stereocenters. The lowest BCUT2D eigenvalue weighted by molar-refractivity contribution is 0.102. The highest BCUT2D eigenvalue weighted by molar-refractivity contribution is 6.34. The van der Waals surface area contributed by atoms with Crippen molar-refractivity contribution in [3.63, 3.8) is 0 Å². The van der Waals surface area contributed by atoms with Gasteiger partial charge in [0.1, 0.15) is 5.76 Å². The largest absolute Gasteiger partial charge is 0.464 e. The van der Waals surface area contributed by atoms with Crippen molar-refractivity contribution >= 4 is 34.2 Å². The number of furan rings is 1. The van der Waals surface area contributed by atoms with E-state index in [0.29, 0.717) is 16.4 Å². The molecule has 0 aliphatic heterocycles. The molecular weight excluding hydrogens is 326 g/mol. The quantitative estimate of drug-likeness (QED) is 0.567. The van der Waals surface area contributed by atoms with Crippen LogP contribution in [-0.4, -0.2) is 16.1 Å². The van der Waals surface area contributed by atoms with Gasteiger partial charge in [0.2, 0.25) is 0 Å². The summed E-state index contributed by atoms with van der Waals surface area (Å²) >= 11 is 6.07. The molecule has 2 aromatic carbocycles. The number of nitrogens with zero attached hydrogens (tertiary/aromatic N) is 1. The Labute approximate surface area is 142 Å². The third kappa shape index (κ3) is 2.55. The summed E-state index contributed by atoms with van der Waals surface area (Å²) in [5.74, 6) is 0.891. The fourth-order valence-corrected chi connectivity index (χ4v) is 2.75. The van der Waals surface area contributed by atoms with Crippen molar-refractivity contribution < 1.29 is 9.21 Å². The van der Waals surface area contributed by atoms with Gasteiger partial charge >= 0.3 is 0 Å². The Morgan fingerprint density at radius 1 is 1.12 bits per heavy atom. The Balaban J connectivity index is 1.71. The van der Waals surface area contributed by atoms with E-state index in [1.54, 1.807) is 30.5 Å². The number of hydrogen-bond donors (Lipinski definition) is 2. The van der Waals surface area contributed by atoms with Gasteiger partial charge in [-0.15, -0.1) is 0 Å². The Kier molecular flexibility index (Phi) is 3.55. The molecule has 0 saturated carbocycles. The summed E-state index contributed by atoms with van der Waals surface area (Å²) in [6.07, 6.45) is 1.62. The SMILES string of the molecule is O=C(Nc1n[nH]c2ccc(-c3ccco3)cc12)c1ccccc1Cl. The van der Waals surface area contributed by atoms with Crippen molar-refractivity contribution in [2.24, 2.45) is 0 Å². The molecule has 4 rings (SSSR count). The fraction of sp³-hybridized carbons (Fsp3) is 0. The minimum Gasteiger partial charge on any atom is -0.464 e. The first-order valence-corrected chi connectivity index (χ1v) is 7.68. The lowest BCUT2D eigenvalue weighted by Gasteiger charge is -2.05. The summed E-state index contributed by atoms with van der Waals surface area (Å²) in [6, 6.07) is 16.3. The molecule has 4 aromatic rings. The summed E-state index contributed by atoms with van der Waals surface area (Å²) in [4.78, 5) is 12.4. The average Bonchev–Trinajstić information content (AvgIpc) is 3.25. The van der Waals surface area contributed by atoms with Gasteiger partial charge in [0.05, 0.1) is 22.4 Å². The Hall–Kier alpha value is -3.05. The van der Waals surface area contributed by atoms with Crippen LogP contribution in [0.5, 0.6) is 0 Å². The van der Waals surface area contributed by atoms with Gasteiger partial charge in [-0.05, 0) is 42.5 Å². The van der Waals surface area contributed by atoms with Gasteiger partial charge in [-0.3, -0.25) is 9.89 Å². The molecular formula is C18H12ClN3O2. The summed E-state index contributed by atoms with van der Waals surface area (Å²) in [7, 11) is 0. The number of halogens is 1. The second-order valence-corrected chi connectivity index (χ2v) is 5.65. The second-order valence-electron chi connectivity index (χ2n) is 5.24. The van der Waals surface area contributed by atoms with E-state index in [-0.39, 0.29) is 5.91 Å². The molecule has 118 valence electrons. The molecule has 0 radical (unpaired) electrons. The molecule has 24 heavy (non-hydrogen) atoms. The first-order chi connectivity index (χ1) is 11.7. The monoisotopic (exact) mass is 337 g/mol. The summed E-state index contributed by atoms with van der Waals surface area (Å²) in [5, 5.41) is 11.1. The Morgan fingerprint density at radius 2 is 2.00 bits per heavy atom. The predicted octanol–water partition coefficient (Wildman–Crippen LogP) is 4.73. The molecule has 0 unspecified atom stereocenters. The van der Waals surface area contributed by atoms with Gasteiger partial charge in [0, 0.05) is 10.9 Å². The number of aromatic amines is 1. The van der Waals surface area contributed by atoms with Crippen LogP contribution in [0.25, 0.3) is 22.2 Å². The molecule has 0 aliphatic rings. The lowest BCUT2D eigenvalue weighted by Crippen LogP contribution is -2.12. The van der Waals surface area contributed by atoms with Crippen molar-refractivity contribution in [2.75, 3.05) is 5.32 Å². The van der Waals surface area contributed by atoms with E-state index in [1.165, 1.54) is 0 Å². The van der Waals surface area contributed by atoms with Gasteiger partial charge in [0.15, 0.2) is 5.82 Å². The van der Waals surface area contributed by atoms with E-state index in [0.717, 1.165) is 22.2 Å². The zero-order valence-electron chi connectivity index (χ0n) is 12.4. The second kappa shape index (κ2) is 5.86. The number of H-pyrrole nitrogens is 1. The van der Waals surface area contributed by atoms with Gasteiger partial charge in [-0.25, -0.2) is 0 Å². The topological polar surface area (TPSA) is 70.9 Å². The standard InChI is InChI=1S/C18H12ClN3O2/c19-14-5-2-1-4-12(14)18(23)20-17-13-10-11(16-6-3-9-24-16)7-8-15(13)21-22-17/h1-10H,(H2,20,21,22,23). The molecule has 0 spiro atoms. The van der Waals surface area contributed by atoms with Crippen LogP contribution in [-0.2, 0) is 0 Å². The molecule has 0 bridgehead atoms. The van der Waals surface area contributed by atoms with E-state index >= 15 is 0 Å². The number of aromatic nitrogens is 2. The molecule has 0 saturated heterocycles. The number of benzene rings is 2. The highest BCUT2D eigenvalue weighted by Crippen LogP contribution is 2.28. The van der Waals surface area contributed by atoms with Gasteiger partial charge in [-0.2, -0.15) is 5.10 Å². The first-order valence-electron chi connectivity index (χ1n) is 7.30. The van der Waals surface area contributed by atoms with E-state index in [2.05, 4.69) is 15.5 Å². The van der Waals surface area contributed by atoms with Crippen LogP contribution in [0, 0.1) is 0 Å². The van der Waals surface area contributed by atoms with Crippen LogP contribution in [0.2, 0.25) is 5.02 Å². The summed E-state index contributed by atoms with van der Waals surface area (Å²) in [6.45, 7) is 0. The molecule has 2 N–H and O–H groups in total. The van der Waals surface area contributed by atoms with Crippen LogP contribution >= 0.6 is 11.6 Å². The molecule has 1 amide bonds. The smallest absolute Gasteiger partial charge is 0.258 e. The molecule has 6 heteroatoms. The van der Waals surface area contributed by atoms with Gasteiger partial charge in [0.25, 0.3) is 5.91 Å². The average molecular weight is 338 g/mol.